The largest absolute Gasteiger partial charge is 0.346 e. The fraction of sp³-hybridized carbons (Fsp3) is 0.304. The number of thiophene rings is 1. The van der Waals surface area contributed by atoms with Gasteiger partial charge < -0.3 is 10.2 Å². The number of thioether (sulfide) groups is 1. The Morgan fingerprint density at radius 1 is 1.22 bits per heavy atom. The molecular formula is C23H24N4O3S2. The first-order chi connectivity index (χ1) is 15.6. The number of rotatable bonds is 8. The van der Waals surface area contributed by atoms with Gasteiger partial charge in [0.15, 0.2) is 5.16 Å². The maximum Gasteiger partial charge on any atom is 0.272 e. The van der Waals surface area contributed by atoms with Gasteiger partial charge in [0.05, 0.1) is 17.8 Å². The van der Waals surface area contributed by atoms with Gasteiger partial charge in [-0.25, -0.2) is 4.98 Å². The third kappa shape index (κ3) is 4.94. The van der Waals surface area contributed by atoms with Crippen LogP contribution in [0.4, 0.5) is 0 Å². The average Bonchev–Trinajstić information content (AvgIpc) is 3.49. The minimum Gasteiger partial charge on any atom is -0.346 e. The van der Waals surface area contributed by atoms with E-state index in [2.05, 4.69) is 16.9 Å². The molecule has 2 aromatic heterocycles. The van der Waals surface area contributed by atoms with Gasteiger partial charge in [0.1, 0.15) is 4.70 Å². The summed E-state index contributed by atoms with van der Waals surface area (Å²) in [6.07, 6.45) is 3.66. The van der Waals surface area contributed by atoms with E-state index in [1.807, 2.05) is 36.4 Å². The number of nitrogens with zero attached hydrogens (tertiary/aromatic N) is 3. The number of carbonyl (C=O) groups is 2. The number of benzene rings is 1. The summed E-state index contributed by atoms with van der Waals surface area (Å²) < 4.78 is 2.12. The maximum absolute atomic E-state index is 13.1. The van der Waals surface area contributed by atoms with Crippen molar-refractivity contribution in [2.45, 2.75) is 24.5 Å². The van der Waals surface area contributed by atoms with Crippen LogP contribution in [0, 0.1) is 0 Å². The molecule has 1 N–H and O–H groups in total. The number of hydrogen-bond donors (Lipinski definition) is 1. The highest BCUT2D eigenvalue weighted by molar-refractivity contribution is 7.99. The Morgan fingerprint density at radius 2 is 1.97 bits per heavy atom. The minimum atomic E-state index is -0.266. The molecule has 7 nitrogen and oxygen atoms in total. The molecule has 0 unspecified atom stereocenters. The van der Waals surface area contributed by atoms with Gasteiger partial charge in [-0.15, -0.1) is 17.9 Å². The van der Waals surface area contributed by atoms with Crippen molar-refractivity contribution in [1.82, 2.24) is 19.8 Å². The third-order valence-corrected chi connectivity index (χ3v) is 7.33. The lowest BCUT2D eigenvalue weighted by Gasteiger charge is -2.15. The summed E-state index contributed by atoms with van der Waals surface area (Å²) in [5, 5.41) is 3.13. The number of fused-ring (bicyclic) bond motifs is 1. The fourth-order valence-electron chi connectivity index (χ4n) is 3.57. The van der Waals surface area contributed by atoms with Gasteiger partial charge in [-0.3, -0.25) is 19.0 Å². The van der Waals surface area contributed by atoms with Crippen molar-refractivity contribution in [2.24, 2.45) is 0 Å². The molecule has 0 spiro atoms. The van der Waals surface area contributed by atoms with E-state index >= 15 is 0 Å². The number of likely N-dealkylation sites (tertiary alicyclic amines) is 1. The molecule has 1 saturated heterocycles. The SMILES string of the molecule is C=CCn1c(SCC(=O)NCC(=O)N2CCCC2)nc2cc(-c3ccccc3)sc2c1=O. The predicted octanol–water partition coefficient (Wildman–Crippen LogP) is 3.14. The second-order valence-electron chi connectivity index (χ2n) is 7.44. The van der Waals surface area contributed by atoms with E-state index in [4.69, 9.17) is 0 Å². The summed E-state index contributed by atoms with van der Waals surface area (Å²) in [6, 6.07) is 11.8. The first-order valence-corrected chi connectivity index (χ1v) is 12.2. The first kappa shape index (κ1) is 22.3. The highest BCUT2D eigenvalue weighted by Crippen LogP contribution is 2.31. The maximum atomic E-state index is 13.1. The Labute approximate surface area is 194 Å². The van der Waals surface area contributed by atoms with E-state index in [1.54, 1.807) is 11.0 Å². The van der Waals surface area contributed by atoms with Crippen LogP contribution in [0.3, 0.4) is 0 Å². The van der Waals surface area contributed by atoms with Crippen LogP contribution >= 0.6 is 23.1 Å². The molecule has 32 heavy (non-hydrogen) atoms. The lowest BCUT2D eigenvalue weighted by Crippen LogP contribution is -2.39. The van der Waals surface area contributed by atoms with Crippen LogP contribution in [-0.2, 0) is 16.1 Å². The zero-order valence-electron chi connectivity index (χ0n) is 17.6. The standard InChI is InChI=1S/C23H24N4O3S2/c1-2-10-27-22(30)21-17(13-18(32-21)16-8-4-3-5-9-16)25-23(27)31-15-19(28)24-14-20(29)26-11-6-7-12-26/h2-5,8-9,13H,1,6-7,10-12,14-15H2,(H,24,28). The molecule has 9 heteroatoms. The van der Waals surface area contributed by atoms with Crippen LogP contribution in [0.2, 0.25) is 0 Å². The topological polar surface area (TPSA) is 84.3 Å². The van der Waals surface area contributed by atoms with Crippen LogP contribution in [-0.4, -0.2) is 51.7 Å². The van der Waals surface area contributed by atoms with Crippen molar-refractivity contribution in [3.63, 3.8) is 0 Å². The van der Waals surface area contributed by atoms with Crippen molar-refractivity contribution in [3.8, 4) is 10.4 Å². The van der Waals surface area contributed by atoms with Gasteiger partial charge in [-0.1, -0.05) is 48.2 Å². The molecule has 0 bridgehead atoms. The van der Waals surface area contributed by atoms with Crippen LogP contribution in [0.1, 0.15) is 12.8 Å². The highest BCUT2D eigenvalue weighted by atomic mass is 32.2. The monoisotopic (exact) mass is 468 g/mol. The summed E-state index contributed by atoms with van der Waals surface area (Å²) in [5.74, 6) is -0.258. The molecule has 0 radical (unpaired) electrons. The Bertz CT molecular complexity index is 1200. The zero-order valence-corrected chi connectivity index (χ0v) is 19.2. The van der Waals surface area contributed by atoms with E-state index in [0.29, 0.717) is 21.9 Å². The summed E-state index contributed by atoms with van der Waals surface area (Å²) >= 11 is 2.60. The molecule has 1 aromatic carbocycles. The van der Waals surface area contributed by atoms with Gasteiger partial charge >= 0.3 is 0 Å². The molecule has 3 heterocycles. The van der Waals surface area contributed by atoms with Crippen molar-refractivity contribution in [1.29, 1.82) is 0 Å². The molecule has 0 saturated carbocycles. The molecule has 1 fully saturated rings. The summed E-state index contributed by atoms with van der Waals surface area (Å²) in [4.78, 5) is 44.9. The van der Waals surface area contributed by atoms with Crippen molar-refractivity contribution < 1.29 is 9.59 Å². The van der Waals surface area contributed by atoms with Gasteiger partial charge in [-0.05, 0) is 24.5 Å². The molecule has 1 aliphatic heterocycles. The summed E-state index contributed by atoms with van der Waals surface area (Å²) in [5.41, 5.74) is 1.50. The molecule has 4 rings (SSSR count). The normalized spacial score (nSPS) is 13.4. The fourth-order valence-corrected chi connectivity index (χ4v) is 5.46. The second kappa shape index (κ2) is 10.1. The van der Waals surface area contributed by atoms with Gasteiger partial charge in [-0.2, -0.15) is 0 Å². The Hall–Kier alpha value is -2.91. The van der Waals surface area contributed by atoms with Crippen LogP contribution in [0.25, 0.3) is 20.7 Å². The Balaban J connectivity index is 1.50. The van der Waals surface area contributed by atoms with Crippen molar-refractivity contribution in [2.75, 3.05) is 25.4 Å². The molecular weight excluding hydrogens is 444 g/mol. The van der Waals surface area contributed by atoms with Crippen molar-refractivity contribution in [3.05, 3.63) is 59.4 Å². The Kier molecular flexibility index (Phi) is 7.06. The number of aromatic nitrogens is 2. The minimum absolute atomic E-state index is 0.00368. The van der Waals surface area contributed by atoms with Crippen LogP contribution < -0.4 is 10.9 Å². The van der Waals surface area contributed by atoms with E-state index in [-0.39, 0.29) is 29.7 Å². The number of allylic oxidation sites excluding steroid dienone is 1. The van der Waals surface area contributed by atoms with Gasteiger partial charge in [0.2, 0.25) is 11.8 Å². The first-order valence-electron chi connectivity index (χ1n) is 10.4. The van der Waals surface area contributed by atoms with E-state index < -0.39 is 0 Å². The van der Waals surface area contributed by atoms with Gasteiger partial charge in [0.25, 0.3) is 5.56 Å². The predicted molar refractivity (Wildman–Crippen MR) is 129 cm³/mol. The average molecular weight is 469 g/mol. The van der Waals surface area contributed by atoms with Crippen molar-refractivity contribution >= 4 is 45.1 Å². The van der Waals surface area contributed by atoms with E-state index in [1.165, 1.54) is 27.7 Å². The molecule has 1 aliphatic rings. The number of carbonyl (C=O) groups excluding carboxylic acids is 2. The van der Waals surface area contributed by atoms with Crippen LogP contribution in [0.15, 0.2) is 59.0 Å². The lowest BCUT2D eigenvalue weighted by molar-refractivity contribution is -0.131. The smallest absolute Gasteiger partial charge is 0.272 e. The summed E-state index contributed by atoms with van der Waals surface area (Å²) in [6.45, 7) is 5.55. The van der Waals surface area contributed by atoms with E-state index in [0.717, 1.165) is 36.4 Å². The molecule has 2 amide bonds. The number of nitrogens with one attached hydrogen (secondary N) is 1. The highest BCUT2D eigenvalue weighted by Gasteiger charge is 2.19. The van der Waals surface area contributed by atoms with Crippen LogP contribution in [0.5, 0.6) is 0 Å². The second-order valence-corrected chi connectivity index (χ2v) is 9.44. The van der Waals surface area contributed by atoms with Gasteiger partial charge in [0, 0.05) is 24.5 Å². The summed E-state index contributed by atoms with van der Waals surface area (Å²) in [7, 11) is 0. The third-order valence-electron chi connectivity index (χ3n) is 5.20. The zero-order chi connectivity index (χ0) is 22.5. The Morgan fingerprint density at radius 3 is 2.69 bits per heavy atom. The quantitative estimate of drug-likeness (QED) is 0.312. The molecule has 166 valence electrons. The molecule has 0 aliphatic carbocycles. The number of hydrogen-bond acceptors (Lipinski definition) is 6. The number of amides is 2. The molecule has 3 aromatic rings. The molecule has 0 atom stereocenters. The van der Waals surface area contributed by atoms with E-state index in [9.17, 15) is 14.4 Å². The lowest BCUT2D eigenvalue weighted by atomic mass is 10.2.